The number of hydrogen-bond acceptors (Lipinski definition) is 2. The third kappa shape index (κ3) is 4.36. The van der Waals surface area contributed by atoms with Gasteiger partial charge in [0, 0.05) is 39.3 Å². The van der Waals surface area contributed by atoms with E-state index in [1.54, 1.807) is 6.07 Å². The highest BCUT2D eigenvalue weighted by molar-refractivity contribution is 5.80. The summed E-state index contributed by atoms with van der Waals surface area (Å²) in [5, 5.41) is 3.40. The molecule has 3 rings (SSSR count). The maximum Gasteiger partial charge on any atom is 0.194 e. The van der Waals surface area contributed by atoms with Crippen molar-refractivity contribution in [3.63, 3.8) is 0 Å². The van der Waals surface area contributed by atoms with Gasteiger partial charge in [0.25, 0.3) is 0 Å². The minimum absolute atomic E-state index is 0.133. The molecule has 2 fully saturated rings. The molecule has 1 aromatic rings. The summed E-state index contributed by atoms with van der Waals surface area (Å²) in [7, 11) is 0. The number of anilines is 1. The predicted molar refractivity (Wildman–Crippen MR) is 93.5 cm³/mol. The maximum atomic E-state index is 13.9. The van der Waals surface area contributed by atoms with Crippen molar-refractivity contribution in [2.24, 2.45) is 10.9 Å². The van der Waals surface area contributed by atoms with Gasteiger partial charge in [0.05, 0.1) is 5.69 Å². The molecule has 1 aliphatic carbocycles. The first kappa shape index (κ1) is 16.1. The predicted octanol–water partition coefficient (Wildman–Crippen LogP) is 2.71. The lowest BCUT2D eigenvalue weighted by Gasteiger charge is -2.37. The second-order valence-electron chi connectivity index (χ2n) is 6.39. The van der Waals surface area contributed by atoms with Gasteiger partial charge in [-0.2, -0.15) is 0 Å². The minimum atomic E-state index is -0.133. The second-order valence-corrected chi connectivity index (χ2v) is 6.39. The summed E-state index contributed by atoms with van der Waals surface area (Å²) in [5.41, 5.74) is 0.711. The van der Waals surface area contributed by atoms with Crippen molar-refractivity contribution in [2.45, 2.75) is 26.2 Å². The van der Waals surface area contributed by atoms with E-state index in [1.807, 2.05) is 12.1 Å². The van der Waals surface area contributed by atoms with Crippen LogP contribution in [0.4, 0.5) is 10.1 Å². The van der Waals surface area contributed by atoms with Gasteiger partial charge in [-0.3, -0.25) is 4.99 Å². The quantitative estimate of drug-likeness (QED) is 0.669. The zero-order valence-corrected chi connectivity index (χ0v) is 14.0. The molecule has 1 heterocycles. The van der Waals surface area contributed by atoms with Crippen LogP contribution in [0.15, 0.2) is 29.3 Å². The number of guanidine groups is 1. The van der Waals surface area contributed by atoms with Gasteiger partial charge in [0.1, 0.15) is 5.82 Å². The van der Waals surface area contributed by atoms with Crippen molar-refractivity contribution in [3.8, 4) is 0 Å². The van der Waals surface area contributed by atoms with Crippen LogP contribution in [0.25, 0.3) is 0 Å². The van der Waals surface area contributed by atoms with E-state index in [4.69, 9.17) is 4.99 Å². The highest BCUT2D eigenvalue weighted by Gasteiger charge is 2.23. The Morgan fingerprint density at radius 1 is 1.22 bits per heavy atom. The van der Waals surface area contributed by atoms with E-state index in [9.17, 15) is 4.39 Å². The summed E-state index contributed by atoms with van der Waals surface area (Å²) in [6, 6.07) is 7.03. The Morgan fingerprint density at radius 3 is 2.61 bits per heavy atom. The molecule has 0 spiro atoms. The molecule has 2 aliphatic rings. The van der Waals surface area contributed by atoms with E-state index in [1.165, 1.54) is 25.3 Å². The fourth-order valence-corrected chi connectivity index (χ4v) is 3.05. The van der Waals surface area contributed by atoms with Crippen LogP contribution >= 0.6 is 0 Å². The molecule has 126 valence electrons. The van der Waals surface area contributed by atoms with Crippen LogP contribution in [-0.4, -0.2) is 50.1 Å². The highest BCUT2D eigenvalue weighted by atomic mass is 19.1. The van der Waals surface area contributed by atoms with Crippen LogP contribution in [0.1, 0.15) is 26.2 Å². The first-order valence-electron chi connectivity index (χ1n) is 8.80. The van der Waals surface area contributed by atoms with E-state index in [2.05, 4.69) is 22.0 Å². The number of piperazine rings is 1. The van der Waals surface area contributed by atoms with Crippen molar-refractivity contribution >= 4 is 11.6 Å². The standard InChI is InChI=1S/C18H27FN4/c1-2-20-18(21-10-9-15-7-8-15)23-13-11-22(12-14-23)17-6-4-3-5-16(17)19/h3-6,15H,2,7-14H2,1H3,(H,20,21). The van der Waals surface area contributed by atoms with E-state index < -0.39 is 0 Å². The van der Waals surface area contributed by atoms with E-state index in [-0.39, 0.29) is 5.82 Å². The van der Waals surface area contributed by atoms with Crippen LogP contribution in [-0.2, 0) is 0 Å². The average molecular weight is 318 g/mol. The van der Waals surface area contributed by atoms with Crippen LogP contribution in [0, 0.1) is 11.7 Å². The van der Waals surface area contributed by atoms with Gasteiger partial charge < -0.3 is 15.1 Å². The summed E-state index contributed by atoms with van der Waals surface area (Å²) >= 11 is 0. The molecule has 0 unspecified atom stereocenters. The number of halogens is 1. The third-order valence-corrected chi connectivity index (χ3v) is 4.60. The minimum Gasteiger partial charge on any atom is -0.366 e. The van der Waals surface area contributed by atoms with Crippen LogP contribution in [0.5, 0.6) is 0 Å². The number of nitrogens with one attached hydrogen (secondary N) is 1. The lowest BCUT2D eigenvalue weighted by molar-refractivity contribution is 0.370. The van der Waals surface area contributed by atoms with Gasteiger partial charge in [0.15, 0.2) is 5.96 Å². The smallest absolute Gasteiger partial charge is 0.194 e. The lowest BCUT2D eigenvalue weighted by Crippen LogP contribution is -2.52. The Morgan fingerprint density at radius 2 is 1.96 bits per heavy atom. The van der Waals surface area contributed by atoms with E-state index >= 15 is 0 Å². The normalized spacial score (nSPS) is 19.1. The van der Waals surface area contributed by atoms with Gasteiger partial charge in [0.2, 0.25) is 0 Å². The van der Waals surface area contributed by atoms with Gasteiger partial charge in [-0.15, -0.1) is 0 Å². The van der Waals surface area contributed by atoms with Crippen molar-refractivity contribution in [1.82, 2.24) is 10.2 Å². The molecule has 1 aliphatic heterocycles. The van der Waals surface area contributed by atoms with Crippen molar-refractivity contribution in [1.29, 1.82) is 0 Å². The van der Waals surface area contributed by atoms with Crippen molar-refractivity contribution in [3.05, 3.63) is 30.1 Å². The fraction of sp³-hybridized carbons (Fsp3) is 0.611. The number of rotatable bonds is 5. The van der Waals surface area contributed by atoms with Crippen molar-refractivity contribution in [2.75, 3.05) is 44.2 Å². The molecular weight excluding hydrogens is 291 g/mol. The molecule has 1 saturated carbocycles. The Labute approximate surface area is 138 Å². The van der Waals surface area contributed by atoms with Crippen LogP contribution in [0.2, 0.25) is 0 Å². The first-order valence-corrected chi connectivity index (χ1v) is 8.80. The number of hydrogen-bond donors (Lipinski definition) is 1. The zero-order valence-electron chi connectivity index (χ0n) is 14.0. The van der Waals surface area contributed by atoms with E-state index in [0.29, 0.717) is 5.69 Å². The molecule has 0 bridgehead atoms. The monoisotopic (exact) mass is 318 g/mol. The van der Waals surface area contributed by atoms with Gasteiger partial charge in [-0.25, -0.2) is 4.39 Å². The maximum absolute atomic E-state index is 13.9. The molecule has 0 radical (unpaired) electrons. The summed E-state index contributed by atoms with van der Waals surface area (Å²) < 4.78 is 13.9. The Bertz CT molecular complexity index is 534. The summed E-state index contributed by atoms with van der Waals surface area (Å²) in [6.07, 6.45) is 3.98. The summed E-state index contributed by atoms with van der Waals surface area (Å²) in [6.45, 7) is 7.32. The fourth-order valence-electron chi connectivity index (χ4n) is 3.05. The van der Waals surface area contributed by atoms with Gasteiger partial charge in [-0.1, -0.05) is 25.0 Å². The molecule has 0 aromatic heterocycles. The molecule has 1 aromatic carbocycles. The average Bonchev–Trinajstić information content (AvgIpc) is 3.39. The Hall–Kier alpha value is -1.78. The molecule has 4 nitrogen and oxygen atoms in total. The molecule has 0 amide bonds. The SMILES string of the molecule is CCNC(=NCCC1CC1)N1CCN(c2ccccc2F)CC1. The lowest BCUT2D eigenvalue weighted by atomic mass is 10.2. The highest BCUT2D eigenvalue weighted by Crippen LogP contribution is 2.32. The van der Waals surface area contributed by atoms with Crippen LogP contribution < -0.4 is 10.2 Å². The second kappa shape index (κ2) is 7.66. The summed E-state index contributed by atoms with van der Waals surface area (Å²) in [5.74, 6) is 1.80. The first-order chi connectivity index (χ1) is 11.3. The zero-order chi connectivity index (χ0) is 16.1. The number of benzene rings is 1. The molecule has 0 atom stereocenters. The topological polar surface area (TPSA) is 30.9 Å². The van der Waals surface area contributed by atoms with Gasteiger partial charge in [-0.05, 0) is 31.4 Å². The molecular formula is C18H27FN4. The Kier molecular flexibility index (Phi) is 5.36. The Balaban J connectivity index is 1.56. The van der Waals surface area contributed by atoms with Crippen molar-refractivity contribution < 1.29 is 4.39 Å². The summed E-state index contributed by atoms with van der Waals surface area (Å²) in [4.78, 5) is 9.20. The number of aliphatic imine (C=N–C) groups is 1. The largest absolute Gasteiger partial charge is 0.366 e. The molecule has 5 heteroatoms. The molecule has 23 heavy (non-hydrogen) atoms. The number of nitrogens with zero attached hydrogens (tertiary/aromatic N) is 3. The number of para-hydroxylation sites is 1. The molecule has 1 N–H and O–H groups in total. The van der Waals surface area contributed by atoms with E-state index in [0.717, 1.165) is 51.1 Å². The van der Waals surface area contributed by atoms with Gasteiger partial charge >= 0.3 is 0 Å². The third-order valence-electron chi connectivity index (χ3n) is 4.60. The molecule has 1 saturated heterocycles. The van der Waals surface area contributed by atoms with Crippen LogP contribution in [0.3, 0.4) is 0 Å².